The molecule has 104 valence electrons. The van der Waals surface area contributed by atoms with Crippen molar-refractivity contribution in [2.24, 2.45) is 0 Å². The third kappa shape index (κ3) is 3.96. The van der Waals surface area contributed by atoms with E-state index in [0.717, 1.165) is 24.3 Å². The van der Waals surface area contributed by atoms with Gasteiger partial charge in [0.25, 0.3) is 0 Å². The lowest BCUT2D eigenvalue weighted by Gasteiger charge is -2.24. The minimum absolute atomic E-state index is 0.0585. The lowest BCUT2D eigenvalue weighted by Crippen LogP contribution is -2.47. The van der Waals surface area contributed by atoms with Gasteiger partial charge in [-0.2, -0.15) is 0 Å². The molecule has 0 spiro atoms. The largest absolute Gasteiger partial charge is 0.497 e. The van der Waals surface area contributed by atoms with Crippen LogP contribution >= 0.6 is 0 Å². The van der Waals surface area contributed by atoms with Gasteiger partial charge in [0, 0.05) is 12.1 Å². The molecule has 1 atom stereocenters. The van der Waals surface area contributed by atoms with Gasteiger partial charge in [-0.05, 0) is 44.0 Å². The van der Waals surface area contributed by atoms with E-state index in [9.17, 15) is 4.79 Å². The van der Waals surface area contributed by atoms with E-state index in [1.807, 2.05) is 24.3 Å². The molecule has 1 amide bonds. The molecule has 1 fully saturated rings. The summed E-state index contributed by atoms with van der Waals surface area (Å²) in [6.45, 7) is 3.89. The molecule has 1 aliphatic rings. The molecule has 1 heterocycles. The van der Waals surface area contributed by atoms with Crippen LogP contribution in [0.4, 0.5) is 0 Å². The van der Waals surface area contributed by atoms with E-state index in [0.29, 0.717) is 13.0 Å². The molecular weight excluding hydrogens is 240 g/mol. The van der Waals surface area contributed by atoms with Crippen molar-refractivity contribution in [2.75, 3.05) is 20.2 Å². The van der Waals surface area contributed by atoms with Crippen LogP contribution in [-0.2, 0) is 11.2 Å². The Labute approximate surface area is 114 Å². The average Bonchev–Trinajstić information content (AvgIpc) is 2.84. The Morgan fingerprint density at radius 1 is 1.53 bits per heavy atom. The quantitative estimate of drug-likeness (QED) is 0.845. The molecule has 19 heavy (non-hydrogen) atoms. The van der Waals surface area contributed by atoms with E-state index in [2.05, 4.69) is 17.6 Å². The predicted octanol–water partition coefficient (Wildman–Crippen LogP) is 1.50. The van der Waals surface area contributed by atoms with Gasteiger partial charge in [-0.25, -0.2) is 0 Å². The van der Waals surface area contributed by atoms with Crippen LogP contribution in [0.5, 0.6) is 5.75 Å². The lowest BCUT2D eigenvalue weighted by molar-refractivity contribution is -0.120. The number of hydrogen-bond donors (Lipinski definition) is 2. The monoisotopic (exact) mass is 262 g/mol. The number of rotatable bonds is 5. The van der Waals surface area contributed by atoms with Crippen molar-refractivity contribution in [3.8, 4) is 5.75 Å². The molecule has 4 nitrogen and oxygen atoms in total. The maximum absolute atomic E-state index is 11.9. The van der Waals surface area contributed by atoms with E-state index < -0.39 is 0 Å². The van der Waals surface area contributed by atoms with Crippen LogP contribution in [-0.4, -0.2) is 31.6 Å². The third-order valence-corrected chi connectivity index (χ3v) is 3.63. The van der Waals surface area contributed by atoms with Crippen LogP contribution < -0.4 is 15.4 Å². The first-order valence-electron chi connectivity index (χ1n) is 6.76. The molecule has 0 aromatic heterocycles. The van der Waals surface area contributed by atoms with Crippen molar-refractivity contribution < 1.29 is 9.53 Å². The Balaban J connectivity index is 1.83. The third-order valence-electron chi connectivity index (χ3n) is 3.63. The van der Waals surface area contributed by atoms with Crippen molar-refractivity contribution in [3.63, 3.8) is 0 Å². The number of amides is 1. The summed E-state index contributed by atoms with van der Waals surface area (Å²) in [6.07, 6.45) is 2.70. The van der Waals surface area contributed by atoms with Gasteiger partial charge in [0.2, 0.25) is 5.91 Å². The Hall–Kier alpha value is -1.55. The fraction of sp³-hybridized carbons (Fsp3) is 0.533. The molecule has 1 unspecified atom stereocenters. The summed E-state index contributed by atoms with van der Waals surface area (Å²) in [5.41, 5.74) is 1.03. The molecule has 2 rings (SSSR count). The standard InChI is InChI=1S/C15H22N2O2/c1-15(7-4-8-17-15)11-16-14(18)10-12-5-3-6-13(9-12)19-2/h3,5-6,9,17H,4,7-8,10-11H2,1-2H3,(H,16,18). The molecule has 0 aliphatic carbocycles. The zero-order valence-electron chi connectivity index (χ0n) is 11.7. The summed E-state index contributed by atoms with van der Waals surface area (Å²) in [5.74, 6) is 0.845. The number of carbonyl (C=O) groups excluding carboxylic acids is 1. The molecule has 1 aliphatic heterocycles. The topological polar surface area (TPSA) is 50.4 Å². The first kappa shape index (κ1) is 13.9. The number of ether oxygens (including phenoxy) is 1. The maximum Gasteiger partial charge on any atom is 0.224 e. The predicted molar refractivity (Wildman–Crippen MR) is 75.3 cm³/mol. The van der Waals surface area contributed by atoms with Gasteiger partial charge in [0.05, 0.1) is 13.5 Å². The van der Waals surface area contributed by atoms with E-state index in [1.165, 1.54) is 6.42 Å². The highest BCUT2D eigenvalue weighted by Gasteiger charge is 2.28. The number of carbonyl (C=O) groups is 1. The minimum atomic E-state index is 0.0585. The van der Waals surface area contributed by atoms with E-state index in [1.54, 1.807) is 7.11 Å². The second-order valence-electron chi connectivity index (χ2n) is 5.40. The van der Waals surface area contributed by atoms with Crippen molar-refractivity contribution >= 4 is 5.91 Å². The van der Waals surface area contributed by atoms with E-state index in [4.69, 9.17) is 4.74 Å². The smallest absolute Gasteiger partial charge is 0.224 e. The lowest BCUT2D eigenvalue weighted by atomic mass is 10.0. The first-order chi connectivity index (χ1) is 9.11. The highest BCUT2D eigenvalue weighted by Crippen LogP contribution is 2.17. The molecule has 4 heteroatoms. The van der Waals surface area contributed by atoms with Gasteiger partial charge >= 0.3 is 0 Å². The summed E-state index contributed by atoms with van der Waals surface area (Å²) in [7, 11) is 1.63. The summed E-state index contributed by atoms with van der Waals surface area (Å²) in [6, 6.07) is 7.62. The maximum atomic E-state index is 11.9. The second kappa shape index (κ2) is 6.06. The molecule has 2 N–H and O–H groups in total. The van der Waals surface area contributed by atoms with Gasteiger partial charge in [-0.3, -0.25) is 4.79 Å². The van der Waals surface area contributed by atoms with Crippen LogP contribution in [0, 0.1) is 0 Å². The van der Waals surface area contributed by atoms with Crippen molar-refractivity contribution in [2.45, 2.75) is 31.7 Å². The second-order valence-corrected chi connectivity index (χ2v) is 5.40. The number of nitrogens with one attached hydrogen (secondary N) is 2. The SMILES string of the molecule is COc1cccc(CC(=O)NCC2(C)CCCN2)c1. The van der Waals surface area contributed by atoms with Gasteiger partial charge in [0.1, 0.15) is 5.75 Å². The summed E-state index contributed by atoms with van der Waals surface area (Å²) < 4.78 is 5.15. The van der Waals surface area contributed by atoms with Gasteiger partial charge in [-0.15, -0.1) is 0 Å². The van der Waals surface area contributed by atoms with Gasteiger partial charge in [-0.1, -0.05) is 12.1 Å². The molecular formula is C15H22N2O2. The zero-order chi connectivity index (χ0) is 13.7. The van der Waals surface area contributed by atoms with Gasteiger partial charge < -0.3 is 15.4 Å². The van der Waals surface area contributed by atoms with Crippen molar-refractivity contribution in [1.29, 1.82) is 0 Å². The molecule has 0 bridgehead atoms. The number of benzene rings is 1. The number of hydrogen-bond acceptors (Lipinski definition) is 3. The molecule has 1 saturated heterocycles. The molecule has 1 aromatic rings. The van der Waals surface area contributed by atoms with Crippen LogP contribution in [0.1, 0.15) is 25.3 Å². The summed E-state index contributed by atoms with van der Waals surface area (Å²) in [5, 5.41) is 6.44. The minimum Gasteiger partial charge on any atom is -0.497 e. The highest BCUT2D eigenvalue weighted by molar-refractivity contribution is 5.78. The average molecular weight is 262 g/mol. The Bertz CT molecular complexity index is 440. The van der Waals surface area contributed by atoms with Crippen LogP contribution in [0.2, 0.25) is 0 Å². The molecule has 1 aromatic carbocycles. The van der Waals surface area contributed by atoms with Gasteiger partial charge in [0.15, 0.2) is 0 Å². The van der Waals surface area contributed by atoms with Crippen molar-refractivity contribution in [1.82, 2.24) is 10.6 Å². The highest BCUT2D eigenvalue weighted by atomic mass is 16.5. The molecule has 0 radical (unpaired) electrons. The van der Waals surface area contributed by atoms with Crippen molar-refractivity contribution in [3.05, 3.63) is 29.8 Å². The molecule has 0 saturated carbocycles. The van der Waals surface area contributed by atoms with Crippen LogP contribution in [0.25, 0.3) is 0 Å². The van der Waals surface area contributed by atoms with E-state index in [-0.39, 0.29) is 11.4 Å². The summed E-state index contributed by atoms with van der Waals surface area (Å²) in [4.78, 5) is 11.9. The zero-order valence-corrected chi connectivity index (χ0v) is 11.7. The van der Waals surface area contributed by atoms with Crippen LogP contribution in [0.3, 0.4) is 0 Å². The fourth-order valence-corrected chi connectivity index (χ4v) is 2.43. The Kier molecular flexibility index (Phi) is 4.43. The number of methoxy groups -OCH3 is 1. The summed E-state index contributed by atoms with van der Waals surface area (Å²) >= 11 is 0. The Morgan fingerprint density at radius 3 is 3.05 bits per heavy atom. The van der Waals surface area contributed by atoms with E-state index >= 15 is 0 Å². The normalized spacial score (nSPS) is 22.2. The first-order valence-corrected chi connectivity index (χ1v) is 6.76. The Morgan fingerprint density at radius 2 is 2.37 bits per heavy atom. The van der Waals surface area contributed by atoms with Crippen LogP contribution in [0.15, 0.2) is 24.3 Å². The fourth-order valence-electron chi connectivity index (χ4n) is 2.43.